The first-order valence-corrected chi connectivity index (χ1v) is 6.58. The summed E-state index contributed by atoms with van der Waals surface area (Å²) < 4.78 is 5.68. The molecule has 0 saturated heterocycles. The summed E-state index contributed by atoms with van der Waals surface area (Å²) in [6.07, 6.45) is 0. The van der Waals surface area contributed by atoms with E-state index in [1.807, 2.05) is 36.4 Å². The maximum atomic E-state index is 9.84. The van der Waals surface area contributed by atoms with Gasteiger partial charge in [0.15, 0.2) is 0 Å². The molecule has 0 fully saturated rings. The molecule has 104 valence electrons. The Hall–Kier alpha value is -2.94. The van der Waals surface area contributed by atoms with E-state index in [9.17, 15) is 10.2 Å². The van der Waals surface area contributed by atoms with Gasteiger partial charge in [0.2, 0.25) is 0 Å². The SMILES string of the molecule is Oc1ccc(Oc2ccc(-c3ccccc3O)cc2)cc1. The van der Waals surface area contributed by atoms with Gasteiger partial charge in [-0.15, -0.1) is 0 Å². The summed E-state index contributed by atoms with van der Waals surface area (Å²) in [5, 5.41) is 19.1. The zero-order chi connectivity index (χ0) is 14.7. The van der Waals surface area contributed by atoms with E-state index >= 15 is 0 Å². The predicted octanol–water partition coefficient (Wildman–Crippen LogP) is 4.56. The van der Waals surface area contributed by atoms with E-state index in [-0.39, 0.29) is 11.5 Å². The Bertz CT molecular complexity index is 731. The minimum atomic E-state index is 0.206. The highest BCUT2D eigenvalue weighted by Gasteiger charge is 2.04. The lowest BCUT2D eigenvalue weighted by Gasteiger charge is -2.08. The van der Waals surface area contributed by atoms with Crippen molar-refractivity contribution in [2.45, 2.75) is 0 Å². The monoisotopic (exact) mass is 278 g/mol. The van der Waals surface area contributed by atoms with Gasteiger partial charge in [-0.25, -0.2) is 0 Å². The van der Waals surface area contributed by atoms with E-state index in [4.69, 9.17) is 4.74 Å². The van der Waals surface area contributed by atoms with Gasteiger partial charge in [-0.1, -0.05) is 30.3 Å². The fourth-order valence-corrected chi connectivity index (χ4v) is 2.07. The van der Waals surface area contributed by atoms with Crippen molar-refractivity contribution >= 4 is 0 Å². The third kappa shape index (κ3) is 2.98. The zero-order valence-electron chi connectivity index (χ0n) is 11.2. The second-order valence-corrected chi connectivity index (χ2v) is 4.64. The number of para-hydroxylation sites is 1. The molecule has 3 heteroatoms. The molecule has 0 unspecified atom stereocenters. The van der Waals surface area contributed by atoms with E-state index in [0.717, 1.165) is 11.1 Å². The minimum Gasteiger partial charge on any atom is -0.508 e. The molecule has 21 heavy (non-hydrogen) atoms. The second-order valence-electron chi connectivity index (χ2n) is 4.64. The van der Waals surface area contributed by atoms with Crippen molar-refractivity contribution in [3.8, 4) is 34.1 Å². The zero-order valence-corrected chi connectivity index (χ0v) is 11.2. The minimum absolute atomic E-state index is 0.206. The maximum Gasteiger partial charge on any atom is 0.127 e. The lowest BCUT2D eigenvalue weighted by molar-refractivity contribution is 0.464. The van der Waals surface area contributed by atoms with Crippen molar-refractivity contribution in [2.75, 3.05) is 0 Å². The Kier molecular flexibility index (Phi) is 3.48. The molecule has 0 amide bonds. The van der Waals surface area contributed by atoms with E-state index in [1.54, 1.807) is 36.4 Å². The number of phenols is 2. The summed E-state index contributed by atoms with van der Waals surface area (Å²) >= 11 is 0. The Labute approximate surface area is 122 Å². The molecule has 0 spiro atoms. The van der Waals surface area contributed by atoms with Crippen LogP contribution in [-0.4, -0.2) is 10.2 Å². The summed E-state index contributed by atoms with van der Waals surface area (Å²) in [6.45, 7) is 0. The van der Waals surface area contributed by atoms with E-state index in [0.29, 0.717) is 11.5 Å². The Morgan fingerprint density at radius 3 is 1.81 bits per heavy atom. The predicted molar refractivity (Wildman–Crippen MR) is 81.7 cm³/mol. The number of benzene rings is 3. The molecule has 3 aromatic rings. The molecule has 0 aliphatic rings. The first-order valence-electron chi connectivity index (χ1n) is 6.58. The van der Waals surface area contributed by atoms with Crippen molar-refractivity contribution < 1.29 is 14.9 Å². The maximum absolute atomic E-state index is 9.84. The molecule has 3 aromatic carbocycles. The molecule has 0 aliphatic heterocycles. The fourth-order valence-electron chi connectivity index (χ4n) is 2.07. The van der Waals surface area contributed by atoms with Crippen molar-refractivity contribution in [3.63, 3.8) is 0 Å². The van der Waals surface area contributed by atoms with Gasteiger partial charge in [-0.2, -0.15) is 0 Å². The average Bonchev–Trinajstić information content (AvgIpc) is 2.51. The molecule has 0 radical (unpaired) electrons. The van der Waals surface area contributed by atoms with Gasteiger partial charge in [0.1, 0.15) is 23.0 Å². The van der Waals surface area contributed by atoms with Gasteiger partial charge in [0.05, 0.1) is 0 Å². The summed E-state index contributed by atoms with van der Waals surface area (Å²) in [7, 11) is 0. The lowest BCUT2D eigenvalue weighted by Crippen LogP contribution is -1.84. The molecule has 0 aromatic heterocycles. The largest absolute Gasteiger partial charge is 0.508 e. The van der Waals surface area contributed by atoms with Crippen molar-refractivity contribution in [1.29, 1.82) is 0 Å². The standard InChI is InChI=1S/C18H14O3/c19-14-7-11-16(12-8-14)21-15-9-5-13(6-10-15)17-3-1-2-4-18(17)20/h1-12,19-20H. The van der Waals surface area contributed by atoms with Crippen LogP contribution in [0.4, 0.5) is 0 Å². The summed E-state index contributed by atoms with van der Waals surface area (Å²) in [5.41, 5.74) is 1.71. The van der Waals surface area contributed by atoms with Gasteiger partial charge < -0.3 is 14.9 Å². The molecule has 0 saturated carbocycles. The van der Waals surface area contributed by atoms with Crippen LogP contribution in [0, 0.1) is 0 Å². The highest BCUT2D eigenvalue weighted by Crippen LogP contribution is 2.31. The van der Waals surface area contributed by atoms with E-state index in [2.05, 4.69) is 0 Å². The molecular formula is C18H14O3. The smallest absolute Gasteiger partial charge is 0.127 e. The number of phenolic OH excluding ortho intramolecular Hbond substituents is 2. The molecule has 2 N–H and O–H groups in total. The highest BCUT2D eigenvalue weighted by atomic mass is 16.5. The van der Waals surface area contributed by atoms with E-state index in [1.165, 1.54) is 0 Å². The third-order valence-electron chi connectivity index (χ3n) is 3.14. The molecule has 0 heterocycles. The summed E-state index contributed by atoms with van der Waals surface area (Å²) in [5.74, 6) is 1.81. The van der Waals surface area contributed by atoms with Crippen LogP contribution in [0.1, 0.15) is 0 Å². The van der Waals surface area contributed by atoms with Crippen LogP contribution in [0.3, 0.4) is 0 Å². The Morgan fingerprint density at radius 1 is 0.619 bits per heavy atom. The number of rotatable bonds is 3. The molecule has 3 rings (SSSR count). The van der Waals surface area contributed by atoms with Gasteiger partial charge in [0, 0.05) is 5.56 Å². The lowest BCUT2D eigenvalue weighted by atomic mass is 10.0. The normalized spacial score (nSPS) is 10.3. The topological polar surface area (TPSA) is 49.7 Å². The molecule has 0 aliphatic carbocycles. The molecule has 0 bridgehead atoms. The molecular weight excluding hydrogens is 264 g/mol. The van der Waals surface area contributed by atoms with Crippen LogP contribution >= 0.6 is 0 Å². The average molecular weight is 278 g/mol. The van der Waals surface area contributed by atoms with Crippen LogP contribution in [0.2, 0.25) is 0 Å². The van der Waals surface area contributed by atoms with Crippen molar-refractivity contribution in [1.82, 2.24) is 0 Å². The van der Waals surface area contributed by atoms with Crippen LogP contribution in [0.25, 0.3) is 11.1 Å². The number of ether oxygens (including phenoxy) is 1. The van der Waals surface area contributed by atoms with Crippen LogP contribution in [-0.2, 0) is 0 Å². The van der Waals surface area contributed by atoms with Crippen LogP contribution in [0.15, 0.2) is 72.8 Å². The molecule has 0 atom stereocenters. The van der Waals surface area contributed by atoms with Crippen molar-refractivity contribution in [2.24, 2.45) is 0 Å². The number of aromatic hydroxyl groups is 2. The number of hydrogen-bond donors (Lipinski definition) is 2. The van der Waals surface area contributed by atoms with Gasteiger partial charge in [0.25, 0.3) is 0 Å². The fraction of sp³-hybridized carbons (Fsp3) is 0. The van der Waals surface area contributed by atoms with Gasteiger partial charge >= 0.3 is 0 Å². The number of hydrogen-bond acceptors (Lipinski definition) is 3. The summed E-state index contributed by atoms with van der Waals surface area (Å²) in [6, 6.07) is 21.2. The second kappa shape index (κ2) is 5.59. The van der Waals surface area contributed by atoms with Crippen LogP contribution in [0.5, 0.6) is 23.0 Å². The van der Waals surface area contributed by atoms with Crippen molar-refractivity contribution in [3.05, 3.63) is 72.8 Å². The Morgan fingerprint density at radius 2 is 1.19 bits per heavy atom. The van der Waals surface area contributed by atoms with Gasteiger partial charge in [-0.3, -0.25) is 0 Å². The highest BCUT2D eigenvalue weighted by molar-refractivity contribution is 5.70. The first-order chi connectivity index (χ1) is 10.2. The quantitative estimate of drug-likeness (QED) is 0.738. The summed E-state index contributed by atoms with van der Waals surface area (Å²) in [4.78, 5) is 0. The third-order valence-corrected chi connectivity index (χ3v) is 3.14. The first kappa shape index (κ1) is 13.1. The van der Waals surface area contributed by atoms with Crippen LogP contribution < -0.4 is 4.74 Å². The Balaban J connectivity index is 1.81. The van der Waals surface area contributed by atoms with E-state index < -0.39 is 0 Å². The molecule has 3 nitrogen and oxygen atoms in total. The van der Waals surface area contributed by atoms with Gasteiger partial charge in [-0.05, 0) is 48.0 Å².